The van der Waals surface area contributed by atoms with Crippen molar-refractivity contribution in [2.75, 3.05) is 12.8 Å². The quantitative estimate of drug-likeness (QED) is 0.867. The summed E-state index contributed by atoms with van der Waals surface area (Å²) < 4.78 is 0. The Morgan fingerprint density at radius 3 is 2.40 bits per heavy atom. The number of rotatable bonds is 4. The van der Waals surface area contributed by atoms with Gasteiger partial charge in [0.15, 0.2) is 0 Å². The third-order valence-corrected chi connectivity index (χ3v) is 3.36. The number of benzene rings is 2. The van der Waals surface area contributed by atoms with Crippen molar-refractivity contribution in [2.24, 2.45) is 0 Å². The minimum atomic E-state index is 0.0945. The van der Waals surface area contributed by atoms with Gasteiger partial charge in [0.05, 0.1) is 6.42 Å². The molecule has 0 bridgehead atoms. The van der Waals surface area contributed by atoms with Gasteiger partial charge in [-0.2, -0.15) is 0 Å². The summed E-state index contributed by atoms with van der Waals surface area (Å²) in [6.45, 7) is 2.58. The van der Waals surface area contributed by atoms with Gasteiger partial charge in [0.25, 0.3) is 0 Å². The Morgan fingerprint density at radius 2 is 1.75 bits per heavy atom. The van der Waals surface area contributed by atoms with Crippen molar-refractivity contribution in [2.45, 2.75) is 19.9 Å². The summed E-state index contributed by atoms with van der Waals surface area (Å²) in [5.74, 6) is 0.0945. The normalized spacial score (nSPS) is 10.3. The van der Waals surface area contributed by atoms with E-state index in [4.69, 9.17) is 5.73 Å². The molecule has 0 unspecified atom stereocenters. The fourth-order valence-electron chi connectivity index (χ4n) is 2.04. The predicted octanol–water partition coefficient (Wildman–Crippen LogP) is 2.78. The van der Waals surface area contributed by atoms with Crippen molar-refractivity contribution in [1.82, 2.24) is 4.90 Å². The van der Waals surface area contributed by atoms with Gasteiger partial charge in [-0.1, -0.05) is 48.0 Å². The van der Waals surface area contributed by atoms with Crippen LogP contribution in [0.3, 0.4) is 0 Å². The SMILES string of the molecule is Cc1ccc(CC(=O)N(C)Cc2ccccc2N)cc1. The molecule has 3 heteroatoms. The number of aryl methyl sites for hydroxylation is 1. The molecule has 20 heavy (non-hydrogen) atoms. The number of amides is 1. The highest BCUT2D eigenvalue weighted by atomic mass is 16.2. The van der Waals surface area contributed by atoms with E-state index in [9.17, 15) is 4.79 Å². The minimum absolute atomic E-state index is 0.0945. The van der Waals surface area contributed by atoms with E-state index in [1.54, 1.807) is 4.90 Å². The van der Waals surface area contributed by atoms with Crippen molar-refractivity contribution in [3.8, 4) is 0 Å². The van der Waals surface area contributed by atoms with Crippen molar-refractivity contribution in [3.63, 3.8) is 0 Å². The fraction of sp³-hybridized carbons (Fsp3) is 0.235. The molecule has 0 fully saturated rings. The topological polar surface area (TPSA) is 46.3 Å². The van der Waals surface area contributed by atoms with Crippen molar-refractivity contribution in [1.29, 1.82) is 0 Å². The first kappa shape index (κ1) is 14.1. The van der Waals surface area contributed by atoms with Crippen LogP contribution in [0.25, 0.3) is 0 Å². The molecule has 0 saturated heterocycles. The van der Waals surface area contributed by atoms with Gasteiger partial charge in [-0.05, 0) is 24.1 Å². The van der Waals surface area contributed by atoms with Gasteiger partial charge in [0.1, 0.15) is 0 Å². The summed E-state index contributed by atoms with van der Waals surface area (Å²) >= 11 is 0. The van der Waals surface area contributed by atoms with Crippen LogP contribution in [0, 0.1) is 6.92 Å². The summed E-state index contributed by atoms with van der Waals surface area (Å²) in [5.41, 5.74) is 9.84. The Kier molecular flexibility index (Phi) is 4.41. The van der Waals surface area contributed by atoms with Crippen LogP contribution in [0.1, 0.15) is 16.7 Å². The van der Waals surface area contributed by atoms with Crippen LogP contribution in [0.15, 0.2) is 48.5 Å². The highest BCUT2D eigenvalue weighted by Crippen LogP contribution is 2.13. The van der Waals surface area contributed by atoms with Crippen molar-refractivity contribution >= 4 is 11.6 Å². The van der Waals surface area contributed by atoms with Gasteiger partial charge in [-0.15, -0.1) is 0 Å². The first-order chi connectivity index (χ1) is 9.56. The summed E-state index contributed by atoms with van der Waals surface area (Å²) in [5, 5.41) is 0. The zero-order valence-corrected chi connectivity index (χ0v) is 12.0. The molecule has 0 radical (unpaired) electrons. The molecule has 0 aliphatic heterocycles. The highest BCUT2D eigenvalue weighted by Gasteiger charge is 2.11. The molecule has 0 aliphatic carbocycles. The molecule has 104 valence electrons. The molecule has 2 aromatic rings. The summed E-state index contributed by atoms with van der Waals surface area (Å²) in [6.07, 6.45) is 0.420. The molecule has 0 saturated carbocycles. The van der Waals surface area contributed by atoms with E-state index in [0.29, 0.717) is 13.0 Å². The van der Waals surface area contributed by atoms with Crippen LogP contribution in [-0.2, 0) is 17.8 Å². The van der Waals surface area contributed by atoms with E-state index in [1.165, 1.54) is 5.56 Å². The number of carbonyl (C=O) groups excluding carboxylic acids is 1. The highest BCUT2D eigenvalue weighted by molar-refractivity contribution is 5.78. The zero-order chi connectivity index (χ0) is 14.5. The smallest absolute Gasteiger partial charge is 0.227 e. The second-order valence-electron chi connectivity index (χ2n) is 5.11. The third-order valence-electron chi connectivity index (χ3n) is 3.36. The van der Waals surface area contributed by atoms with E-state index in [1.807, 2.05) is 62.5 Å². The van der Waals surface area contributed by atoms with Crippen LogP contribution in [0.5, 0.6) is 0 Å². The van der Waals surface area contributed by atoms with E-state index < -0.39 is 0 Å². The second-order valence-corrected chi connectivity index (χ2v) is 5.11. The lowest BCUT2D eigenvalue weighted by molar-refractivity contribution is -0.129. The maximum atomic E-state index is 12.2. The van der Waals surface area contributed by atoms with Gasteiger partial charge >= 0.3 is 0 Å². The maximum absolute atomic E-state index is 12.2. The Balaban J connectivity index is 1.99. The van der Waals surface area contributed by atoms with Crippen molar-refractivity contribution < 1.29 is 4.79 Å². The van der Waals surface area contributed by atoms with Gasteiger partial charge < -0.3 is 10.6 Å². The lowest BCUT2D eigenvalue weighted by atomic mass is 10.1. The zero-order valence-electron chi connectivity index (χ0n) is 12.0. The number of hydrogen-bond donors (Lipinski definition) is 1. The number of likely N-dealkylation sites (N-methyl/N-ethyl adjacent to an activating group) is 1. The summed E-state index contributed by atoms with van der Waals surface area (Å²) in [4.78, 5) is 13.9. The number of carbonyl (C=O) groups is 1. The molecular formula is C17H20N2O. The van der Waals surface area contributed by atoms with Crippen LogP contribution >= 0.6 is 0 Å². The van der Waals surface area contributed by atoms with Gasteiger partial charge in [0.2, 0.25) is 5.91 Å². The standard InChI is InChI=1S/C17H20N2O/c1-13-7-9-14(10-8-13)11-17(20)19(2)12-15-5-3-4-6-16(15)18/h3-10H,11-12,18H2,1-2H3. The van der Waals surface area contributed by atoms with Crippen molar-refractivity contribution in [3.05, 3.63) is 65.2 Å². The predicted molar refractivity (Wildman–Crippen MR) is 82.2 cm³/mol. The number of para-hydroxylation sites is 1. The van der Waals surface area contributed by atoms with Gasteiger partial charge in [-0.3, -0.25) is 4.79 Å². The average Bonchev–Trinajstić information content (AvgIpc) is 2.44. The molecule has 0 aromatic heterocycles. The van der Waals surface area contributed by atoms with E-state index in [2.05, 4.69) is 0 Å². The Bertz CT molecular complexity index is 590. The number of anilines is 1. The van der Waals surface area contributed by atoms with Gasteiger partial charge in [-0.25, -0.2) is 0 Å². The van der Waals surface area contributed by atoms with Crippen LogP contribution in [0.2, 0.25) is 0 Å². The number of nitrogen functional groups attached to an aromatic ring is 1. The third kappa shape index (κ3) is 3.60. The fourth-order valence-corrected chi connectivity index (χ4v) is 2.04. The first-order valence-corrected chi connectivity index (χ1v) is 6.69. The number of nitrogens with zero attached hydrogens (tertiary/aromatic N) is 1. The molecule has 2 aromatic carbocycles. The second kappa shape index (κ2) is 6.24. The van der Waals surface area contributed by atoms with Crippen LogP contribution < -0.4 is 5.73 Å². The minimum Gasteiger partial charge on any atom is -0.398 e. The Hall–Kier alpha value is -2.29. The summed E-state index contributed by atoms with van der Waals surface area (Å²) in [6, 6.07) is 15.7. The summed E-state index contributed by atoms with van der Waals surface area (Å²) in [7, 11) is 1.81. The lowest BCUT2D eigenvalue weighted by Gasteiger charge is -2.18. The molecule has 3 nitrogen and oxygen atoms in total. The number of nitrogens with two attached hydrogens (primary N) is 1. The van der Waals surface area contributed by atoms with Gasteiger partial charge in [0, 0.05) is 19.3 Å². The van der Waals surface area contributed by atoms with E-state index in [0.717, 1.165) is 16.8 Å². The number of hydrogen-bond acceptors (Lipinski definition) is 2. The molecule has 1 amide bonds. The molecule has 2 rings (SSSR count). The molecule has 0 aliphatic rings. The molecule has 0 spiro atoms. The molecule has 0 atom stereocenters. The monoisotopic (exact) mass is 268 g/mol. The van der Waals surface area contributed by atoms with E-state index in [-0.39, 0.29) is 5.91 Å². The molecule has 2 N–H and O–H groups in total. The lowest BCUT2D eigenvalue weighted by Crippen LogP contribution is -2.28. The Labute approximate surface area is 120 Å². The largest absolute Gasteiger partial charge is 0.398 e. The average molecular weight is 268 g/mol. The maximum Gasteiger partial charge on any atom is 0.227 e. The first-order valence-electron chi connectivity index (χ1n) is 6.69. The van der Waals surface area contributed by atoms with E-state index >= 15 is 0 Å². The molecular weight excluding hydrogens is 248 g/mol. The van der Waals surface area contributed by atoms with Crippen LogP contribution in [-0.4, -0.2) is 17.9 Å². The Morgan fingerprint density at radius 1 is 1.10 bits per heavy atom. The van der Waals surface area contributed by atoms with Crippen LogP contribution in [0.4, 0.5) is 5.69 Å². The molecule has 0 heterocycles.